The van der Waals surface area contributed by atoms with Crippen LogP contribution in [0.15, 0.2) is 16.5 Å². The molecule has 0 atom stereocenters. The molecule has 1 aromatic heterocycles. The minimum absolute atomic E-state index is 0.0499. The lowest BCUT2D eigenvalue weighted by Crippen LogP contribution is -2.00. The summed E-state index contributed by atoms with van der Waals surface area (Å²) >= 11 is 0. The van der Waals surface area contributed by atoms with Gasteiger partial charge in [0.2, 0.25) is 0 Å². The third kappa shape index (κ3) is 5.33. The zero-order valence-corrected chi connectivity index (χ0v) is 10.3. The molecule has 94 valence electrons. The van der Waals surface area contributed by atoms with E-state index in [0.717, 1.165) is 31.4 Å². The van der Waals surface area contributed by atoms with E-state index < -0.39 is 0 Å². The van der Waals surface area contributed by atoms with Crippen LogP contribution >= 0.6 is 0 Å². The van der Waals surface area contributed by atoms with Crippen molar-refractivity contribution in [3.8, 4) is 0 Å². The molecular formula is C13H18O4. The first-order valence-corrected chi connectivity index (χ1v) is 5.82. The fourth-order valence-electron chi connectivity index (χ4n) is 1.50. The predicted molar refractivity (Wildman–Crippen MR) is 62.9 cm³/mol. The molecule has 0 radical (unpaired) electrons. The van der Waals surface area contributed by atoms with E-state index in [0.29, 0.717) is 12.4 Å². The summed E-state index contributed by atoms with van der Waals surface area (Å²) in [7, 11) is 0. The van der Waals surface area contributed by atoms with Crippen LogP contribution in [-0.2, 0) is 16.0 Å². The fourth-order valence-corrected chi connectivity index (χ4v) is 1.50. The quantitative estimate of drug-likeness (QED) is 0.416. The maximum Gasteiger partial charge on any atom is 0.302 e. The van der Waals surface area contributed by atoms with Crippen molar-refractivity contribution in [3.05, 3.63) is 23.7 Å². The van der Waals surface area contributed by atoms with E-state index in [4.69, 9.17) is 9.15 Å². The first kappa shape index (κ1) is 13.5. The average Bonchev–Trinajstić information content (AvgIpc) is 2.71. The summed E-state index contributed by atoms with van der Waals surface area (Å²) in [5.74, 6) is 0.968. The predicted octanol–water partition coefficient (Wildman–Crippen LogP) is 2.76. The Labute approximate surface area is 101 Å². The van der Waals surface area contributed by atoms with Gasteiger partial charge >= 0.3 is 5.97 Å². The van der Waals surface area contributed by atoms with Crippen molar-refractivity contribution in [2.75, 3.05) is 6.61 Å². The molecule has 1 aromatic rings. The van der Waals surface area contributed by atoms with Crippen molar-refractivity contribution in [2.45, 2.75) is 39.5 Å². The van der Waals surface area contributed by atoms with Crippen LogP contribution in [0.5, 0.6) is 0 Å². The van der Waals surface area contributed by atoms with Crippen LogP contribution in [0.25, 0.3) is 0 Å². The first-order chi connectivity index (χ1) is 8.09. The molecule has 0 saturated heterocycles. The Morgan fingerprint density at radius 1 is 1.18 bits per heavy atom. The second kappa shape index (κ2) is 6.89. The zero-order valence-electron chi connectivity index (χ0n) is 10.3. The van der Waals surface area contributed by atoms with Crippen LogP contribution in [0.3, 0.4) is 0 Å². The molecule has 0 N–H and O–H groups in total. The van der Waals surface area contributed by atoms with Gasteiger partial charge in [0.1, 0.15) is 5.76 Å². The number of furan rings is 1. The molecule has 1 rings (SSSR count). The number of esters is 1. The average molecular weight is 238 g/mol. The van der Waals surface area contributed by atoms with Crippen molar-refractivity contribution in [1.82, 2.24) is 0 Å². The third-order valence-electron chi connectivity index (χ3n) is 2.38. The van der Waals surface area contributed by atoms with E-state index in [2.05, 4.69) is 0 Å². The monoisotopic (exact) mass is 238 g/mol. The van der Waals surface area contributed by atoms with Crippen LogP contribution in [0.4, 0.5) is 0 Å². The number of Topliss-reactive ketones (excluding diaryl/α,β-unsaturated/α-hetero) is 1. The molecule has 4 heteroatoms. The molecule has 0 saturated carbocycles. The van der Waals surface area contributed by atoms with Gasteiger partial charge in [-0.25, -0.2) is 0 Å². The maximum atomic E-state index is 11.0. The number of unbranched alkanes of at least 4 members (excludes halogenated alkanes) is 2. The maximum absolute atomic E-state index is 11.0. The molecule has 0 aliphatic heterocycles. The SMILES string of the molecule is CC(=O)OCCCCCc1ccc(C(C)=O)o1. The third-order valence-corrected chi connectivity index (χ3v) is 2.38. The summed E-state index contributed by atoms with van der Waals surface area (Å²) in [6, 6.07) is 3.54. The highest BCUT2D eigenvalue weighted by Gasteiger charge is 2.05. The summed E-state index contributed by atoms with van der Waals surface area (Å²) < 4.78 is 10.2. The van der Waals surface area contributed by atoms with Gasteiger partial charge in [0.25, 0.3) is 0 Å². The van der Waals surface area contributed by atoms with E-state index >= 15 is 0 Å². The van der Waals surface area contributed by atoms with Gasteiger partial charge in [-0.15, -0.1) is 0 Å². The van der Waals surface area contributed by atoms with Gasteiger partial charge in [0.15, 0.2) is 11.5 Å². The Hall–Kier alpha value is -1.58. The molecule has 17 heavy (non-hydrogen) atoms. The zero-order chi connectivity index (χ0) is 12.7. The van der Waals surface area contributed by atoms with E-state index in [-0.39, 0.29) is 11.8 Å². The van der Waals surface area contributed by atoms with Crippen LogP contribution in [-0.4, -0.2) is 18.4 Å². The highest BCUT2D eigenvalue weighted by atomic mass is 16.5. The van der Waals surface area contributed by atoms with Crippen molar-refractivity contribution < 1.29 is 18.7 Å². The number of aryl methyl sites for hydroxylation is 1. The lowest BCUT2D eigenvalue weighted by molar-refractivity contribution is -0.141. The van der Waals surface area contributed by atoms with Crippen LogP contribution in [0, 0.1) is 0 Å². The molecule has 0 fully saturated rings. The van der Waals surface area contributed by atoms with Gasteiger partial charge in [-0.05, 0) is 31.4 Å². The molecule has 0 bridgehead atoms. The summed E-state index contributed by atoms with van der Waals surface area (Å²) in [4.78, 5) is 21.5. The Kier molecular flexibility index (Phi) is 5.46. The molecule has 1 heterocycles. The number of hydrogen-bond acceptors (Lipinski definition) is 4. The lowest BCUT2D eigenvalue weighted by atomic mass is 10.2. The summed E-state index contributed by atoms with van der Waals surface area (Å²) in [6.45, 7) is 3.38. The minimum atomic E-state index is -0.234. The van der Waals surface area contributed by atoms with Gasteiger partial charge in [-0.2, -0.15) is 0 Å². The second-order valence-electron chi connectivity index (χ2n) is 3.97. The minimum Gasteiger partial charge on any atom is -0.466 e. The van der Waals surface area contributed by atoms with Gasteiger partial charge in [-0.3, -0.25) is 9.59 Å². The summed E-state index contributed by atoms with van der Waals surface area (Å²) in [5, 5.41) is 0. The number of ether oxygens (including phenoxy) is 1. The van der Waals surface area contributed by atoms with Gasteiger partial charge in [-0.1, -0.05) is 0 Å². The van der Waals surface area contributed by atoms with Gasteiger partial charge < -0.3 is 9.15 Å². The molecular weight excluding hydrogens is 220 g/mol. The van der Waals surface area contributed by atoms with E-state index in [1.54, 1.807) is 6.07 Å². The van der Waals surface area contributed by atoms with Crippen molar-refractivity contribution in [2.24, 2.45) is 0 Å². The molecule has 0 spiro atoms. The van der Waals surface area contributed by atoms with Gasteiger partial charge in [0.05, 0.1) is 6.61 Å². The number of rotatable bonds is 7. The second-order valence-corrected chi connectivity index (χ2v) is 3.97. The fraction of sp³-hybridized carbons (Fsp3) is 0.538. The standard InChI is InChI=1S/C13H18O4/c1-10(14)13-8-7-12(17-13)6-4-3-5-9-16-11(2)15/h7-8H,3-6,9H2,1-2H3. The number of carbonyl (C=O) groups excluding carboxylic acids is 2. The van der Waals surface area contributed by atoms with Gasteiger partial charge in [0, 0.05) is 20.3 Å². The molecule has 0 amide bonds. The Morgan fingerprint density at radius 3 is 2.53 bits per heavy atom. The van der Waals surface area contributed by atoms with Crippen molar-refractivity contribution in [1.29, 1.82) is 0 Å². The van der Waals surface area contributed by atoms with Crippen LogP contribution in [0.2, 0.25) is 0 Å². The first-order valence-electron chi connectivity index (χ1n) is 5.82. The molecule has 0 aliphatic rings. The van der Waals surface area contributed by atoms with Crippen LogP contribution in [0.1, 0.15) is 49.4 Å². The van der Waals surface area contributed by atoms with E-state index in [1.165, 1.54) is 13.8 Å². The highest BCUT2D eigenvalue weighted by Crippen LogP contribution is 2.12. The molecule has 0 aliphatic carbocycles. The topological polar surface area (TPSA) is 56.5 Å². The van der Waals surface area contributed by atoms with E-state index in [1.807, 2.05) is 6.07 Å². The number of carbonyl (C=O) groups is 2. The normalized spacial score (nSPS) is 10.2. The van der Waals surface area contributed by atoms with Crippen molar-refractivity contribution >= 4 is 11.8 Å². The number of hydrogen-bond donors (Lipinski definition) is 0. The van der Waals surface area contributed by atoms with E-state index in [9.17, 15) is 9.59 Å². The summed E-state index contributed by atoms with van der Waals surface area (Å²) in [6.07, 6.45) is 3.61. The Bertz CT molecular complexity index is 379. The number of ketones is 1. The summed E-state index contributed by atoms with van der Waals surface area (Å²) in [5.41, 5.74) is 0. The molecule has 0 aromatic carbocycles. The van der Waals surface area contributed by atoms with Crippen LogP contribution < -0.4 is 0 Å². The lowest BCUT2D eigenvalue weighted by Gasteiger charge is -2.01. The van der Waals surface area contributed by atoms with Crippen molar-refractivity contribution in [3.63, 3.8) is 0 Å². The molecule has 4 nitrogen and oxygen atoms in total. The smallest absolute Gasteiger partial charge is 0.302 e. The highest BCUT2D eigenvalue weighted by molar-refractivity contribution is 5.91. The Morgan fingerprint density at radius 2 is 1.94 bits per heavy atom. The Balaban J connectivity index is 2.13. The molecule has 0 unspecified atom stereocenters. The largest absolute Gasteiger partial charge is 0.466 e.